The Morgan fingerprint density at radius 1 is 1.60 bits per heavy atom. The summed E-state index contributed by atoms with van der Waals surface area (Å²) in [4.78, 5) is 13.9. The molecule has 2 atom stereocenters. The molecule has 1 amide bonds. The van der Waals surface area contributed by atoms with E-state index in [4.69, 9.17) is 5.73 Å². The molecule has 1 aliphatic heterocycles. The highest BCUT2D eigenvalue weighted by Crippen LogP contribution is 2.12. The molecule has 15 heavy (non-hydrogen) atoms. The zero-order valence-corrected chi connectivity index (χ0v) is 9.99. The van der Waals surface area contributed by atoms with Crippen molar-refractivity contribution in [1.82, 2.24) is 10.2 Å². The zero-order chi connectivity index (χ0) is 11.4. The molecule has 88 valence electrons. The highest BCUT2D eigenvalue weighted by atomic mass is 16.2. The van der Waals surface area contributed by atoms with Gasteiger partial charge in [0.2, 0.25) is 5.91 Å². The topological polar surface area (TPSA) is 58.4 Å². The van der Waals surface area contributed by atoms with Gasteiger partial charge in [-0.3, -0.25) is 4.79 Å². The van der Waals surface area contributed by atoms with Gasteiger partial charge in [0.15, 0.2) is 0 Å². The molecule has 0 aliphatic carbocycles. The van der Waals surface area contributed by atoms with Crippen LogP contribution in [0.4, 0.5) is 0 Å². The van der Waals surface area contributed by atoms with Gasteiger partial charge in [0.25, 0.3) is 0 Å². The van der Waals surface area contributed by atoms with Gasteiger partial charge in [-0.15, -0.1) is 0 Å². The maximum absolute atomic E-state index is 11.6. The summed E-state index contributed by atoms with van der Waals surface area (Å²) in [6.45, 7) is 6.92. The second-order valence-electron chi connectivity index (χ2n) is 4.93. The zero-order valence-electron chi connectivity index (χ0n) is 9.99. The fraction of sp³-hybridized carbons (Fsp3) is 0.909. The molecule has 4 heteroatoms. The van der Waals surface area contributed by atoms with Crippen LogP contribution in [0.2, 0.25) is 0 Å². The van der Waals surface area contributed by atoms with Crippen LogP contribution in [0.25, 0.3) is 0 Å². The molecule has 0 aromatic carbocycles. The van der Waals surface area contributed by atoms with Crippen LogP contribution < -0.4 is 11.1 Å². The summed E-state index contributed by atoms with van der Waals surface area (Å²) >= 11 is 0. The Morgan fingerprint density at radius 3 is 2.73 bits per heavy atom. The Morgan fingerprint density at radius 2 is 2.27 bits per heavy atom. The SMILES string of the molecule is CC(C)[C@H](N)C(=O)NCC1CCN(C)C1. The second-order valence-corrected chi connectivity index (χ2v) is 4.93. The number of rotatable bonds is 4. The molecule has 1 fully saturated rings. The van der Waals surface area contributed by atoms with Crippen LogP contribution in [-0.4, -0.2) is 43.5 Å². The van der Waals surface area contributed by atoms with Crippen molar-refractivity contribution in [2.45, 2.75) is 26.3 Å². The average Bonchev–Trinajstić information content (AvgIpc) is 2.59. The summed E-state index contributed by atoms with van der Waals surface area (Å²) in [6.07, 6.45) is 1.17. The summed E-state index contributed by atoms with van der Waals surface area (Å²) in [6, 6.07) is -0.371. The van der Waals surface area contributed by atoms with E-state index in [1.165, 1.54) is 6.42 Å². The number of hydrogen-bond donors (Lipinski definition) is 2. The van der Waals surface area contributed by atoms with Crippen LogP contribution in [0.3, 0.4) is 0 Å². The number of nitrogens with one attached hydrogen (secondary N) is 1. The lowest BCUT2D eigenvalue weighted by molar-refractivity contribution is -0.123. The monoisotopic (exact) mass is 213 g/mol. The van der Waals surface area contributed by atoms with Crippen molar-refractivity contribution in [1.29, 1.82) is 0 Å². The number of hydrogen-bond acceptors (Lipinski definition) is 3. The van der Waals surface area contributed by atoms with Gasteiger partial charge >= 0.3 is 0 Å². The first-order chi connectivity index (χ1) is 7.00. The van der Waals surface area contributed by atoms with Crippen LogP contribution in [-0.2, 0) is 4.79 Å². The highest BCUT2D eigenvalue weighted by Gasteiger charge is 2.22. The van der Waals surface area contributed by atoms with E-state index in [9.17, 15) is 4.79 Å². The molecule has 1 unspecified atom stereocenters. The third kappa shape index (κ3) is 3.80. The van der Waals surface area contributed by atoms with Crippen LogP contribution in [0, 0.1) is 11.8 Å². The molecule has 1 heterocycles. The Bertz CT molecular complexity index is 218. The van der Waals surface area contributed by atoms with E-state index in [1.54, 1.807) is 0 Å². The number of carbonyl (C=O) groups excluding carboxylic acids is 1. The lowest BCUT2D eigenvalue weighted by Gasteiger charge is -2.17. The van der Waals surface area contributed by atoms with E-state index in [0.717, 1.165) is 19.6 Å². The van der Waals surface area contributed by atoms with Gasteiger partial charge in [0, 0.05) is 13.1 Å². The van der Waals surface area contributed by atoms with Crippen molar-refractivity contribution in [3.05, 3.63) is 0 Å². The normalized spacial score (nSPS) is 24.5. The minimum atomic E-state index is -0.371. The molecule has 0 aromatic heterocycles. The van der Waals surface area contributed by atoms with Gasteiger partial charge < -0.3 is 16.0 Å². The van der Waals surface area contributed by atoms with E-state index in [2.05, 4.69) is 17.3 Å². The molecular formula is C11H23N3O. The lowest BCUT2D eigenvalue weighted by atomic mass is 10.0. The fourth-order valence-electron chi connectivity index (χ4n) is 1.86. The van der Waals surface area contributed by atoms with Crippen molar-refractivity contribution < 1.29 is 4.79 Å². The predicted octanol–water partition coefficient (Wildman–Crippen LogP) is 0.0376. The first kappa shape index (κ1) is 12.5. The molecular weight excluding hydrogens is 190 g/mol. The average molecular weight is 213 g/mol. The van der Waals surface area contributed by atoms with E-state index in [0.29, 0.717) is 5.92 Å². The third-order valence-electron chi connectivity index (χ3n) is 3.07. The summed E-state index contributed by atoms with van der Waals surface area (Å²) in [5.74, 6) is 0.786. The van der Waals surface area contributed by atoms with Gasteiger partial charge in [-0.1, -0.05) is 13.8 Å². The molecule has 0 aromatic rings. The standard InChI is InChI=1S/C11H23N3O/c1-8(2)10(12)11(15)13-6-9-4-5-14(3)7-9/h8-10H,4-7,12H2,1-3H3,(H,13,15)/t9?,10-/m0/s1. The first-order valence-electron chi connectivity index (χ1n) is 5.72. The number of nitrogens with two attached hydrogens (primary N) is 1. The minimum Gasteiger partial charge on any atom is -0.354 e. The molecule has 3 N–H and O–H groups in total. The van der Waals surface area contributed by atoms with Crippen LogP contribution in [0.15, 0.2) is 0 Å². The van der Waals surface area contributed by atoms with Gasteiger partial charge in [0.05, 0.1) is 6.04 Å². The fourth-order valence-corrected chi connectivity index (χ4v) is 1.86. The van der Waals surface area contributed by atoms with Gasteiger partial charge in [0.1, 0.15) is 0 Å². The van der Waals surface area contributed by atoms with Crippen molar-refractivity contribution >= 4 is 5.91 Å². The number of nitrogens with zero attached hydrogens (tertiary/aromatic N) is 1. The van der Waals surface area contributed by atoms with Crippen molar-refractivity contribution in [3.63, 3.8) is 0 Å². The maximum atomic E-state index is 11.6. The quantitative estimate of drug-likeness (QED) is 0.693. The third-order valence-corrected chi connectivity index (χ3v) is 3.07. The van der Waals surface area contributed by atoms with Gasteiger partial charge in [-0.2, -0.15) is 0 Å². The van der Waals surface area contributed by atoms with Gasteiger partial charge in [-0.25, -0.2) is 0 Å². The van der Waals surface area contributed by atoms with Crippen molar-refractivity contribution in [3.8, 4) is 0 Å². The number of carbonyl (C=O) groups is 1. The molecule has 0 bridgehead atoms. The molecule has 1 rings (SSSR count). The number of likely N-dealkylation sites (tertiary alicyclic amines) is 1. The molecule has 0 saturated carbocycles. The van der Waals surface area contributed by atoms with E-state index in [1.807, 2.05) is 13.8 Å². The van der Waals surface area contributed by atoms with Crippen LogP contribution in [0.1, 0.15) is 20.3 Å². The van der Waals surface area contributed by atoms with E-state index in [-0.39, 0.29) is 17.9 Å². The van der Waals surface area contributed by atoms with E-state index >= 15 is 0 Å². The first-order valence-corrected chi connectivity index (χ1v) is 5.72. The largest absolute Gasteiger partial charge is 0.354 e. The highest BCUT2D eigenvalue weighted by molar-refractivity contribution is 5.81. The number of amides is 1. The molecule has 0 radical (unpaired) electrons. The second kappa shape index (κ2) is 5.47. The molecule has 1 saturated heterocycles. The van der Waals surface area contributed by atoms with Gasteiger partial charge in [-0.05, 0) is 31.8 Å². The minimum absolute atomic E-state index is 0.0143. The Balaban J connectivity index is 2.22. The van der Waals surface area contributed by atoms with Crippen molar-refractivity contribution in [2.75, 3.05) is 26.7 Å². The van der Waals surface area contributed by atoms with E-state index < -0.39 is 0 Å². The summed E-state index contributed by atoms with van der Waals surface area (Å²) in [5, 5.41) is 2.94. The van der Waals surface area contributed by atoms with Crippen LogP contribution >= 0.6 is 0 Å². The summed E-state index contributed by atoms with van der Waals surface area (Å²) < 4.78 is 0. The molecule has 0 spiro atoms. The predicted molar refractivity (Wildman–Crippen MR) is 61.4 cm³/mol. The Labute approximate surface area is 92.2 Å². The summed E-state index contributed by atoms with van der Waals surface area (Å²) in [7, 11) is 2.11. The molecule has 1 aliphatic rings. The molecule has 4 nitrogen and oxygen atoms in total. The summed E-state index contributed by atoms with van der Waals surface area (Å²) in [5.41, 5.74) is 5.75. The maximum Gasteiger partial charge on any atom is 0.237 e. The smallest absolute Gasteiger partial charge is 0.237 e. The van der Waals surface area contributed by atoms with Crippen molar-refractivity contribution in [2.24, 2.45) is 17.6 Å². The lowest BCUT2D eigenvalue weighted by Crippen LogP contribution is -2.45. The Kier molecular flexibility index (Phi) is 4.54. The Hall–Kier alpha value is -0.610. The van der Waals surface area contributed by atoms with Crippen LogP contribution in [0.5, 0.6) is 0 Å².